The van der Waals surface area contributed by atoms with Gasteiger partial charge in [-0.25, -0.2) is 0 Å². The van der Waals surface area contributed by atoms with E-state index in [1.165, 1.54) is 12.8 Å². The minimum atomic E-state index is 0.292. The summed E-state index contributed by atoms with van der Waals surface area (Å²) in [7, 11) is 0. The molecule has 0 aromatic rings. The second-order valence-corrected chi connectivity index (χ2v) is 5.21. The van der Waals surface area contributed by atoms with Crippen LogP contribution in [-0.4, -0.2) is 23.8 Å². The molecule has 0 heterocycles. The van der Waals surface area contributed by atoms with Crippen LogP contribution in [0.1, 0.15) is 33.1 Å². The topological polar surface area (TPSA) is 32.3 Å². The van der Waals surface area contributed by atoms with Crippen LogP contribution in [0.2, 0.25) is 0 Å². The average molecular weight is 195 g/mol. The Morgan fingerprint density at radius 2 is 2.21 bits per heavy atom. The highest BCUT2D eigenvalue weighted by Crippen LogP contribution is 2.48. The van der Waals surface area contributed by atoms with Crippen LogP contribution in [0, 0.1) is 11.3 Å². The lowest BCUT2D eigenvalue weighted by atomic mass is 9.99. The van der Waals surface area contributed by atoms with E-state index < -0.39 is 0 Å². The van der Waals surface area contributed by atoms with E-state index in [9.17, 15) is 0 Å². The number of nitrogens with one attached hydrogen (secondary N) is 1. The van der Waals surface area contributed by atoms with Gasteiger partial charge in [0.25, 0.3) is 0 Å². The molecule has 0 amide bonds. The van der Waals surface area contributed by atoms with Crippen LogP contribution >= 0.6 is 0 Å². The standard InChI is InChI=1S/C12H21NO/c1-9(12(2)5-6-12)13-11-4-3-10(7-11)8-14/h3-4,9-11,13-14H,5-8H2,1-2H3/t9?,10-,11+/m0/s1. The first kappa shape index (κ1) is 10.2. The Morgan fingerprint density at radius 1 is 1.50 bits per heavy atom. The van der Waals surface area contributed by atoms with Crippen molar-refractivity contribution in [1.29, 1.82) is 0 Å². The lowest BCUT2D eigenvalue weighted by Gasteiger charge is -2.24. The van der Waals surface area contributed by atoms with E-state index in [0.717, 1.165) is 6.42 Å². The van der Waals surface area contributed by atoms with Crippen molar-refractivity contribution in [3.8, 4) is 0 Å². The van der Waals surface area contributed by atoms with E-state index in [4.69, 9.17) is 5.11 Å². The predicted octanol–water partition coefficient (Wildman–Crippen LogP) is 1.70. The molecule has 0 bridgehead atoms. The van der Waals surface area contributed by atoms with Crippen molar-refractivity contribution in [2.24, 2.45) is 11.3 Å². The van der Waals surface area contributed by atoms with Crippen molar-refractivity contribution >= 4 is 0 Å². The van der Waals surface area contributed by atoms with Crippen LogP contribution in [0.3, 0.4) is 0 Å². The zero-order valence-corrected chi connectivity index (χ0v) is 9.16. The van der Waals surface area contributed by atoms with Crippen LogP contribution in [0.5, 0.6) is 0 Å². The summed E-state index contributed by atoms with van der Waals surface area (Å²) in [5.41, 5.74) is 0.547. The first-order valence-electron chi connectivity index (χ1n) is 5.69. The maximum Gasteiger partial charge on any atom is 0.0494 e. The number of hydrogen-bond acceptors (Lipinski definition) is 2. The number of rotatable bonds is 4. The van der Waals surface area contributed by atoms with E-state index in [-0.39, 0.29) is 0 Å². The molecule has 0 spiro atoms. The molecule has 0 radical (unpaired) electrons. The summed E-state index contributed by atoms with van der Waals surface area (Å²) in [4.78, 5) is 0. The van der Waals surface area contributed by atoms with Crippen molar-refractivity contribution in [2.75, 3.05) is 6.61 Å². The third kappa shape index (κ3) is 2.01. The van der Waals surface area contributed by atoms with Gasteiger partial charge in [-0.3, -0.25) is 0 Å². The van der Waals surface area contributed by atoms with Gasteiger partial charge in [-0.1, -0.05) is 19.1 Å². The number of hydrogen-bond donors (Lipinski definition) is 2. The normalized spacial score (nSPS) is 35.9. The van der Waals surface area contributed by atoms with Gasteiger partial charge in [0.2, 0.25) is 0 Å². The van der Waals surface area contributed by atoms with Gasteiger partial charge < -0.3 is 10.4 Å². The SMILES string of the molecule is CC(N[C@@H]1C=C[C@H](CO)C1)C1(C)CC1. The summed E-state index contributed by atoms with van der Waals surface area (Å²) in [6.07, 6.45) is 8.14. The summed E-state index contributed by atoms with van der Waals surface area (Å²) in [6, 6.07) is 1.09. The van der Waals surface area contributed by atoms with Gasteiger partial charge in [0, 0.05) is 24.6 Å². The fraction of sp³-hybridized carbons (Fsp3) is 0.833. The molecule has 3 atom stereocenters. The summed E-state index contributed by atoms with van der Waals surface area (Å²) in [5, 5.41) is 12.7. The molecule has 80 valence electrons. The quantitative estimate of drug-likeness (QED) is 0.669. The third-order valence-corrected chi connectivity index (χ3v) is 3.95. The second kappa shape index (κ2) is 3.67. The summed E-state index contributed by atoms with van der Waals surface area (Å²) >= 11 is 0. The smallest absolute Gasteiger partial charge is 0.0494 e. The molecule has 0 aromatic carbocycles. The number of aliphatic hydroxyl groups excluding tert-OH is 1. The van der Waals surface area contributed by atoms with Gasteiger partial charge >= 0.3 is 0 Å². The Labute approximate surface area is 86.4 Å². The summed E-state index contributed by atoms with van der Waals surface area (Å²) in [5.74, 6) is 0.381. The Morgan fingerprint density at radius 3 is 2.71 bits per heavy atom. The second-order valence-electron chi connectivity index (χ2n) is 5.21. The highest BCUT2D eigenvalue weighted by Gasteiger charge is 2.43. The molecule has 0 saturated heterocycles. The molecule has 0 aliphatic heterocycles. The van der Waals surface area contributed by atoms with E-state index in [1.54, 1.807) is 0 Å². The predicted molar refractivity (Wildman–Crippen MR) is 58.1 cm³/mol. The van der Waals surface area contributed by atoms with Gasteiger partial charge in [-0.15, -0.1) is 0 Å². The highest BCUT2D eigenvalue weighted by molar-refractivity contribution is 5.08. The fourth-order valence-electron chi connectivity index (χ4n) is 2.19. The van der Waals surface area contributed by atoms with Gasteiger partial charge in [0.05, 0.1) is 0 Å². The first-order valence-corrected chi connectivity index (χ1v) is 5.69. The summed E-state index contributed by atoms with van der Waals surface area (Å²) < 4.78 is 0. The maximum atomic E-state index is 9.01. The lowest BCUT2D eigenvalue weighted by molar-refractivity contribution is 0.241. The molecule has 1 fully saturated rings. The van der Waals surface area contributed by atoms with Gasteiger partial charge in [-0.05, 0) is 31.6 Å². The lowest BCUT2D eigenvalue weighted by Crippen LogP contribution is -2.39. The molecule has 0 aromatic heterocycles. The van der Waals surface area contributed by atoms with Gasteiger partial charge in [0.1, 0.15) is 0 Å². The maximum absolute atomic E-state index is 9.01. The Bertz CT molecular complexity index is 232. The molecule has 2 aliphatic carbocycles. The van der Waals surface area contributed by atoms with Crippen LogP contribution < -0.4 is 5.32 Å². The zero-order chi connectivity index (χ0) is 10.2. The van der Waals surface area contributed by atoms with Gasteiger partial charge in [0.15, 0.2) is 0 Å². The monoisotopic (exact) mass is 195 g/mol. The first-order chi connectivity index (χ1) is 6.64. The minimum absolute atomic E-state index is 0.292. The molecule has 1 saturated carbocycles. The van der Waals surface area contributed by atoms with E-state index in [2.05, 4.69) is 31.3 Å². The van der Waals surface area contributed by atoms with E-state index in [1.807, 2.05) is 0 Å². The molecule has 2 nitrogen and oxygen atoms in total. The average Bonchev–Trinajstić information content (AvgIpc) is 2.77. The van der Waals surface area contributed by atoms with E-state index in [0.29, 0.717) is 30.0 Å². The zero-order valence-electron chi connectivity index (χ0n) is 9.16. The molecule has 2 aliphatic rings. The van der Waals surface area contributed by atoms with Crippen LogP contribution in [0.25, 0.3) is 0 Å². The Kier molecular flexibility index (Phi) is 2.67. The minimum Gasteiger partial charge on any atom is -0.396 e. The Hall–Kier alpha value is -0.340. The van der Waals surface area contributed by atoms with Crippen LogP contribution in [0.4, 0.5) is 0 Å². The number of aliphatic hydroxyl groups is 1. The molecular weight excluding hydrogens is 174 g/mol. The summed E-state index contributed by atoms with van der Waals surface area (Å²) in [6.45, 7) is 4.93. The van der Waals surface area contributed by atoms with Gasteiger partial charge in [-0.2, -0.15) is 0 Å². The van der Waals surface area contributed by atoms with E-state index >= 15 is 0 Å². The molecule has 14 heavy (non-hydrogen) atoms. The van der Waals surface area contributed by atoms with Crippen molar-refractivity contribution in [3.05, 3.63) is 12.2 Å². The van der Waals surface area contributed by atoms with Crippen LogP contribution in [-0.2, 0) is 0 Å². The van der Waals surface area contributed by atoms with Crippen molar-refractivity contribution in [3.63, 3.8) is 0 Å². The van der Waals surface area contributed by atoms with Crippen molar-refractivity contribution in [1.82, 2.24) is 5.32 Å². The third-order valence-electron chi connectivity index (χ3n) is 3.95. The molecule has 2 rings (SSSR count). The largest absolute Gasteiger partial charge is 0.396 e. The molecule has 1 unspecified atom stereocenters. The molecular formula is C12H21NO. The molecule has 2 N–H and O–H groups in total. The van der Waals surface area contributed by atoms with Crippen molar-refractivity contribution in [2.45, 2.75) is 45.2 Å². The van der Waals surface area contributed by atoms with Crippen molar-refractivity contribution < 1.29 is 5.11 Å². The van der Waals surface area contributed by atoms with Crippen LogP contribution in [0.15, 0.2) is 12.2 Å². The molecule has 2 heteroatoms. The fourth-order valence-corrected chi connectivity index (χ4v) is 2.19. The highest BCUT2D eigenvalue weighted by atomic mass is 16.3. The Balaban J connectivity index is 1.79.